The quantitative estimate of drug-likeness (QED) is 0.450. The molecule has 132 valence electrons. The number of alkyl halides is 2. The molecule has 0 aromatic heterocycles. The minimum absolute atomic E-state index is 0.00506. The molecule has 0 aliphatic heterocycles. The molecule has 0 bridgehead atoms. The lowest BCUT2D eigenvalue weighted by Gasteiger charge is -2.21. The lowest BCUT2D eigenvalue weighted by Crippen LogP contribution is -2.04. The highest BCUT2D eigenvalue weighted by Crippen LogP contribution is 2.32. The first kappa shape index (κ1) is 17.6. The fourth-order valence-electron chi connectivity index (χ4n) is 3.37. The number of hydrogen-bond donors (Lipinski definition) is 0. The number of nitrogens with zero attached hydrogens (tertiary/aromatic N) is 1. The first-order chi connectivity index (χ1) is 12.2. The highest BCUT2D eigenvalue weighted by molar-refractivity contribution is 5.79. The van der Waals surface area contributed by atoms with E-state index in [2.05, 4.69) is 17.3 Å². The molecule has 2 aromatic carbocycles. The van der Waals surface area contributed by atoms with E-state index in [1.165, 1.54) is 43.7 Å². The Balaban J connectivity index is 1.54. The van der Waals surface area contributed by atoms with Crippen molar-refractivity contribution >= 4 is 6.21 Å². The van der Waals surface area contributed by atoms with Crippen molar-refractivity contribution in [2.45, 2.75) is 51.1 Å². The molecule has 25 heavy (non-hydrogen) atoms. The van der Waals surface area contributed by atoms with E-state index in [0.29, 0.717) is 11.5 Å². The molecule has 0 atom stereocenters. The molecule has 0 unspecified atom stereocenters. The van der Waals surface area contributed by atoms with Gasteiger partial charge >= 0.3 is 0 Å². The molecule has 0 spiro atoms. The van der Waals surface area contributed by atoms with Crippen LogP contribution in [0.25, 0.3) is 0 Å². The van der Waals surface area contributed by atoms with Gasteiger partial charge in [-0.15, -0.1) is 0 Å². The van der Waals surface area contributed by atoms with Crippen LogP contribution < -0.4 is 0 Å². The van der Waals surface area contributed by atoms with Crippen molar-refractivity contribution in [3.63, 3.8) is 0 Å². The second kappa shape index (κ2) is 8.75. The zero-order chi connectivity index (χ0) is 17.5. The largest absolute Gasteiger partial charge is 0.391 e. The minimum atomic E-state index is -2.50. The maximum atomic E-state index is 12.9. The Kier molecular flexibility index (Phi) is 6.15. The van der Waals surface area contributed by atoms with Crippen LogP contribution in [0.5, 0.6) is 0 Å². The molecule has 4 heteroatoms. The molecule has 0 heterocycles. The van der Waals surface area contributed by atoms with Gasteiger partial charge in [0.2, 0.25) is 0 Å². The summed E-state index contributed by atoms with van der Waals surface area (Å²) in [5.41, 5.74) is 2.79. The van der Waals surface area contributed by atoms with Gasteiger partial charge in [-0.25, -0.2) is 8.78 Å². The molecule has 0 radical (unpaired) electrons. The normalized spacial score (nSPS) is 15.8. The van der Waals surface area contributed by atoms with Crippen molar-refractivity contribution in [2.24, 2.45) is 5.16 Å². The van der Waals surface area contributed by atoms with E-state index in [1.54, 1.807) is 24.4 Å². The highest BCUT2D eigenvalue weighted by atomic mass is 19.3. The molecule has 0 amide bonds. The average Bonchev–Trinajstić information content (AvgIpc) is 2.66. The Hall–Kier alpha value is -2.23. The molecular formula is C21H23F2NO. The van der Waals surface area contributed by atoms with Gasteiger partial charge in [0, 0.05) is 11.1 Å². The SMILES string of the molecule is FC(F)c1ccccc1CON=Cc1ccc(C2CCCCC2)cc1. The lowest BCUT2D eigenvalue weighted by atomic mass is 9.84. The zero-order valence-corrected chi connectivity index (χ0v) is 14.2. The van der Waals surface area contributed by atoms with Crippen LogP contribution in [-0.2, 0) is 11.4 Å². The van der Waals surface area contributed by atoms with E-state index in [-0.39, 0.29) is 12.2 Å². The van der Waals surface area contributed by atoms with Crippen LogP contribution in [0.4, 0.5) is 8.78 Å². The van der Waals surface area contributed by atoms with Crippen LogP contribution in [0.1, 0.15) is 66.7 Å². The summed E-state index contributed by atoms with van der Waals surface area (Å²) in [6, 6.07) is 14.7. The lowest BCUT2D eigenvalue weighted by molar-refractivity contribution is 0.120. The van der Waals surface area contributed by atoms with Crippen LogP contribution in [0, 0.1) is 0 Å². The Morgan fingerprint density at radius 3 is 2.44 bits per heavy atom. The van der Waals surface area contributed by atoms with Crippen molar-refractivity contribution in [3.8, 4) is 0 Å². The summed E-state index contributed by atoms with van der Waals surface area (Å²) >= 11 is 0. The molecule has 0 N–H and O–H groups in total. The number of oxime groups is 1. The molecule has 1 aliphatic rings. The van der Waals surface area contributed by atoms with Crippen LogP contribution >= 0.6 is 0 Å². The highest BCUT2D eigenvalue weighted by Gasteiger charge is 2.15. The van der Waals surface area contributed by atoms with Crippen LogP contribution in [0.3, 0.4) is 0 Å². The Bertz CT molecular complexity index is 691. The number of halogens is 2. The summed E-state index contributed by atoms with van der Waals surface area (Å²) in [7, 11) is 0. The zero-order valence-electron chi connectivity index (χ0n) is 14.2. The Morgan fingerprint density at radius 1 is 1.00 bits per heavy atom. The van der Waals surface area contributed by atoms with Crippen LogP contribution in [-0.4, -0.2) is 6.21 Å². The van der Waals surface area contributed by atoms with E-state index in [0.717, 1.165) is 5.56 Å². The second-order valence-electron chi connectivity index (χ2n) is 6.51. The van der Waals surface area contributed by atoms with Gasteiger partial charge in [-0.2, -0.15) is 0 Å². The summed E-state index contributed by atoms with van der Waals surface area (Å²) in [4.78, 5) is 5.20. The third kappa shape index (κ3) is 4.88. The summed E-state index contributed by atoms with van der Waals surface area (Å²) < 4.78 is 25.8. The topological polar surface area (TPSA) is 21.6 Å². The molecule has 2 aromatic rings. The number of rotatable bonds is 6. The summed E-state index contributed by atoms with van der Waals surface area (Å²) in [6.07, 6.45) is 5.67. The molecule has 0 saturated heterocycles. The standard InChI is InChI=1S/C21H23F2NO/c22-21(23)20-9-5-4-8-19(20)15-25-24-14-16-10-12-18(13-11-16)17-6-2-1-3-7-17/h4-5,8-14,17,21H,1-3,6-7,15H2. The maximum absolute atomic E-state index is 12.9. The first-order valence-electron chi connectivity index (χ1n) is 8.85. The third-order valence-corrected chi connectivity index (χ3v) is 4.80. The van der Waals surface area contributed by atoms with Gasteiger partial charge in [-0.05, 0) is 29.9 Å². The molecule has 2 nitrogen and oxygen atoms in total. The fraction of sp³-hybridized carbons (Fsp3) is 0.381. The predicted molar refractivity (Wildman–Crippen MR) is 96.1 cm³/mol. The molecule has 1 fully saturated rings. The van der Waals surface area contributed by atoms with Gasteiger partial charge in [-0.1, -0.05) is 72.9 Å². The second-order valence-corrected chi connectivity index (χ2v) is 6.51. The number of hydrogen-bond acceptors (Lipinski definition) is 2. The van der Waals surface area contributed by atoms with E-state index in [9.17, 15) is 8.78 Å². The Labute approximate surface area is 147 Å². The van der Waals surface area contributed by atoms with Crippen molar-refractivity contribution in [2.75, 3.05) is 0 Å². The summed E-state index contributed by atoms with van der Waals surface area (Å²) in [6.45, 7) is 0.0389. The number of benzene rings is 2. The van der Waals surface area contributed by atoms with Gasteiger partial charge in [-0.3, -0.25) is 0 Å². The van der Waals surface area contributed by atoms with E-state index in [4.69, 9.17) is 4.84 Å². The summed E-state index contributed by atoms with van der Waals surface area (Å²) in [5, 5.41) is 3.91. The van der Waals surface area contributed by atoms with Gasteiger partial charge < -0.3 is 4.84 Å². The maximum Gasteiger partial charge on any atom is 0.264 e. The monoisotopic (exact) mass is 343 g/mol. The van der Waals surface area contributed by atoms with Gasteiger partial charge in [0.25, 0.3) is 6.43 Å². The van der Waals surface area contributed by atoms with Crippen molar-refractivity contribution in [3.05, 3.63) is 70.8 Å². The van der Waals surface area contributed by atoms with E-state index >= 15 is 0 Å². The van der Waals surface area contributed by atoms with E-state index in [1.807, 2.05) is 12.1 Å². The molecule has 1 aliphatic carbocycles. The van der Waals surface area contributed by atoms with Crippen molar-refractivity contribution in [1.82, 2.24) is 0 Å². The van der Waals surface area contributed by atoms with Gasteiger partial charge in [0.15, 0.2) is 0 Å². The summed E-state index contributed by atoms with van der Waals surface area (Å²) in [5.74, 6) is 0.682. The van der Waals surface area contributed by atoms with E-state index < -0.39 is 6.43 Å². The van der Waals surface area contributed by atoms with Crippen LogP contribution in [0.15, 0.2) is 53.7 Å². The third-order valence-electron chi connectivity index (χ3n) is 4.80. The average molecular weight is 343 g/mol. The smallest absolute Gasteiger partial charge is 0.264 e. The Morgan fingerprint density at radius 2 is 1.72 bits per heavy atom. The van der Waals surface area contributed by atoms with Crippen LogP contribution in [0.2, 0.25) is 0 Å². The predicted octanol–water partition coefficient (Wildman–Crippen LogP) is 6.22. The van der Waals surface area contributed by atoms with Crippen molar-refractivity contribution in [1.29, 1.82) is 0 Å². The van der Waals surface area contributed by atoms with Gasteiger partial charge in [0.05, 0.1) is 6.21 Å². The molecule has 3 rings (SSSR count). The molecular weight excluding hydrogens is 320 g/mol. The molecule has 1 saturated carbocycles. The minimum Gasteiger partial charge on any atom is -0.391 e. The van der Waals surface area contributed by atoms with Gasteiger partial charge in [0.1, 0.15) is 6.61 Å². The fourth-order valence-corrected chi connectivity index (χ4v) is 3.37. The first-order valence-corrected chi connectivity index (χ1v) is 8.85. The van der Waals surface area contributed by atoms with Crippen molar-refractivity contribution < 1.29 is 13.6 Å².